The Balaban J connectivity index is 2.47. The van der Waals surface area contributed by atoms with E-state index in [1.54, 1.807) is 25.2 Å². The first kappa shape index (κ1) is 13.7. The van der Waals surface area contributed by atoms with E-state index in [4.69, 9.17) is 5.11 Å². The minimum atomic E-state index is -0.956. The van der Waals surface area contributed by atoms with Crippen LogP contribution in [0.2, 0.25) is 0 Å². The average molecular weight is 301 g/mol. The number of hydrogen-bond donors (Lipinski definition) is 2. The first-order valence-electron chi connectivity index (χ1n) is 4.93. The third-order valence-electron chi connectivity index (χ3n) is 1.93. The normalized spacial score (nSPS) is 10.3. The minimum absolute atomic E-state index is 0.0405. The van der Waals surface area contributed by atoms with Gasteiger partial charge in [0, 0.05) is 10.2 Å². The molecule has 0 saturated carbocycles. The van der Waals surface area contributed by atoms with Crippen LogP contribution in [0.3, 0.4) is 0 Å². The molecule has 5 nitrogen and oxygen atoms in total. The average Bonchev–Trinajstić information content (AvgIpc) is 2.14. The summed E-state index contributed by atoms with van der Waals surface area (Å²) in [7, 11) is 1.58. The smallest absolute Gasteiger partial charge is 0.317 e. The first-order valence-corrected chi connectivity index (χ1v) is 5.72. The number of benzene rings is 1. The quantitative estimate of drug-likeness (QED) is 0.862. The molecule has 0 atom stereocenters. The zero-order valence-corrected chi connectivity index (χ0v) is 10.9. The predicted molar refractivity (Wildman–Crippen MR) is 67.9 cm³/mol. The maximum Gasteiger partial charge on any atom is 0.317 e. The Morgan fingerprint density at radius 2 is 2.12 bits per heavy atom. The zero-order valence-electron chi connectivity index (χ0n) is 9.31. The minimum Gasteiger partial charge on any atom is -0.480 e. The summed E-state index contributed by atoms with van der Waals surface area (Å²) in [5, 5.41) is 11.2. The number of hydrogen-bond acceptors (Lipinski definition) is 3. The van der Waals surface area contributed by atoms with Crippen LogP contribution in [0.1, 0.15) is 0 Å². The fourth-order valence-electron chi connectivity index (χ4n) is 1.30. The van der Waals surface area contributed by atoms with Gasteiger partial charge in [-0.15, -0.1) is 0 Å². The molecular weight excluding hydrogens is 288 g/mol. The van der Waals surface area contributed by atoms with Crippen molar-refractivity contribution in [1.82, 2.24) is 4.90 Å². The lowest BCUT2D eigenvalue weighted by Crippen LogP contribution is -2.33. The molecule has 0 aliphatic heterocycles. The summed E-state index contributed by atoms with van der Waals surface area (Å²) in [5.41, 5.74) is 0.674. The Bertz CT molecular complexity index is 423. The monoisotopic (exact) mass is 300 g/mol. The van der Waals surface area contributed by atoms with Crippen molar-refractivity contribution in [3.05, 3.63) is 28.7 Å². The number of carbonyl (C=O) groups is 2. The van der Waals surface area contributed by atoms with Crippen molar-refractivity contribution >= 4 is 33.5 Å². The molecule has 0 aromatic heterocycles. The number of likely N-dealkylation sites (N-methyl/N-ethyl adjacent to an activating group) is 1. The molecule has 0 heterocycles. The Morgan fingerprint density at radius 3 is 2.71 bits per heavy atom. The number of anilines is 1. The summed E-state index contributed by atoms with van der Waals surface area (Å²) in [6, 6.07) is 7.20. The van der Waals surface area contributed by atoms with Crippen LogP contribution in [0.25, 0.3) is 0 Å². The summed E-state index contributed by atoms with van der Waals surface area (Å²) >= 11 is 3.30. The molecule has 0 spiro atoms. The van der Waals surface area contributed by atoms with E-state index in [0.717, 1.165) is 4.47 Å². The van der Waals surface area contributed by atoms with Gasteiger partial charge < -0.3 is 10.4 Å². The van der Waals surface area contributed by atoms with E-state index in [9.17, 15) is 9.59 Å². The van der Waals surface area contributed by atoms with Crippen LogP contribution in [0.15, 0.2) is 28.7 Å². The van der Waals surface area contributed by atoms with Gasteiger partial charge in [0.2, 0.25) is 5.91 Å². The second-order valence-corrected chi connectivity index (χ2v) is 4.54. The van der Waals surface area contributed by atoms with E-state index in [1.165, 1.54) is 4.90 Å². The molecule has 1 rings (SSSR count). The van der Waals surface area contributed by atoms with E-state index in [-0.39, 0.29) is 19.0 Å². The molecule has 1 aromatic carbocycles. The van der Waals surface area contributed by atoms with E-state index in [2.05, 4.69) is 21.2 Å². The van der Waals surface area contributed by atoms with Crippen molar-refractivity contribution in [2.24, 2.45) is 0 Å². The van der Waals surface area contributed by atoms with Crippen LogP contribution in [0.4, 0.5) is 5.69 Å². The summed E-state index contributed by atoms with van der Waals surface area (Å²) in [6.07, 6.45) is 0. The number of nitrogens with one attached hydrogen (secondary N) is 1. The molecule has 0 unspecified atom stereocenters. The number of nitrogens with zero attached hydrogens (tertiary/aromatic N) is 1. The van der Waals surface area contributed by atoms with Gasteiger partial charge in [-0.25, -0.2) is 0 Å². The third-order valence-corrected chi connectivity index (χ3v) is 2.42. The predicted octanol–water partition coefficient (Wildman–Crippen LogP) is 1.40. The number of halogens is 1. The van der Waals surface area contributed by atoms with Crippen LogP contribution in [-0.2, 0) is 9.59 Å². The van der Waals surface area contributed by atoms with Crippen molar-refractivity contribution in [3.8, 4) is 0 Å². The molecule has 0 fully saturated rings. The van der Waals surface area contributed by atoms with Gasteiger partial charge in [-0.1, -0.05) is 22.0 Å². The zero-order chi connectivity index (χ0) is 12.8. The highest BCUT2D eigenvalue weighted by Crippen LogP contribution is 2.15. The van der Waals surface area contributed by atoms with Crippen molar-refractivity contribution in [1.29, 1.82) is 0 Å². The summed E-state index contributed by atoms with van der Waals surface area (Å²) in [6.45, 7) is -0.120. The lowest BCUT2D eigenvalue weighted by molar-refractivity contribution is -0.138. The highest BCUT2D eigenvalue weighted by molar-refractivity contribution is 9.10. The SMILES string of the molecule is CN(CC(=O)O)CC(=O)Nc1cccc(Br)c1. The van der Waals surface area contributed by atoms with Crippen molar-refractivity contribution in [3.63, 3.8) is 0 Å². The van der Waals surface area contributed by atoms with Gasteiger partial charge in [0.15, 0.2) is 0 Å². The molecular formula is C11H13BrN2O3. The summed E-state index contributed by atoms with van der Waals surface area (Å²) < 4.78 is 0.870. The Labute approximate surface area is 108 Å². The Kier molecular flexibility index (Phi) is 5.11. The van der Waals surface area contributed by atoms with Gasteiger partial charge in [0.05, 0.1) is 13.1 Å². The molecule has 0 aliphatic rings. The molecule has 92 valence electrons. The van der Waals surface area contributed by atoms with E-state index >= 15 is 0 Å². The fraction of sp³-hybridized carbons (Fsp3) is 0.273. The fourth-order valence-corrected chi connectivity index (χ4v) is 1.70. The van der Waals surface area contributed by atoms with Crippen molar-refractivity contribution < 1.29 is 14.7 Å². The third kappa shape index (κ3) is 5.46. The molecule has 1 aromatic rings. The maximum absolute atomic E-state index is 11.6. The van der Waals surface area contributed by atoms with Gasteiger partial charge in [0.1, 0.15) is 0 Å². The topological polar surface area (TPSA) is 69.6 Å². The Morgan fingerprint density at radius 1 is 1.41 bits per heavy atom. The molecule has 0 aliphatic carbocycles. The molecule has 6 heteroatoms. The number of carbonyl (C=O) groups excluding carboxylic acids is 1. The van der Waals surface area contributed by atoms with E-state index < -0.39 is 5.97 Å². The number of rotatable bonds is 5. The van der Waals surface area contributed by atoms with E-state index in [0.29, 0.717) is 5.69 Å². The van der Waals surface area contributed by atoms with Gasteiger partial charge in [0.25, 0.3) is 0 Å². The molecule has 2 N–H and O–H groups in total. The summed E-state index contributed by atoms with van der Waals surface area (Å²) in [4.78, 5) is 23.4. The van der Waals surface area contributed by atoms with Gasteiger partial charge in [-0.3, -0.25) is 14.5 Å². The summed E-state index contributed by atoms with van der Waals surface area (Å²) in [5.74, 6) is -1.20. The van der Waals surface area contributed by atoms with Crippen LogP contribution in [0, 0.1) is 0 Å². The number of aliphatic carboxylic acids is 1. The second kappa shape index (κ2) is 6.36. The molecule has 0 bridgehead atoms. The second-order valence-electron chi connectivity index (χ2n) is 3.62. The van der Waals surface area contributed by atoms with Gasteiger partial charge >= 0.3 is 5.97 Å². The van der Waals surface area contributed by atoms with Gasteiger partial charge in [-0.2, -0.15) is 0 Å². The standard InChI is InChI=1S/C11H13BrN2O3/c1-14(7-11(16)17)6-10(15)13-9-4-2-3-8(12)5-9/h2-5H,6-7H2,1H3,(H,13,15)(H,16,17). The highest BCUT2D eigenvalue weighted by Gasteiger charge is 2.09. The lowest BCUT2D eigenvalue weighted by atomic mass is 10.3. The van der Waals surface area contributed by atoms with Crippen LogP contribution in [0.5, 0.6) is 0 Å². The molecule has 1 amide bonds. The van der Waals surface area contributed by atoms with Crippen LogP contribution in [-0.4, -0.2) is 42.0 Å². The Hall–Kier alpha value is -1.40. The number of carboxylic acid groups (broad SMARTS) is 1. The van der Waals surface area contributed by atoms with Crippen molar-refractivity contribution in [2.45, 2.75) is 0 Å². The maximum atomic E-state index is 11.6. The number of carboxylic acids is 1. The lowest BCUT2D eigenvalue weighted by Gasteiger charge is -2.13. The van der Waals surface area contributed by atoms with Crippen molar-refractivity contribution in [2.75, 3.05) is 25.5 Å². The van der Waals surface area contributed by atoms with Gasteiger partial charge in [-0.05, 0) is 25.2 Å². The molecule has 17 heavy (non-hydrogen) atoms. The number of amides is 1. The highest BCUT2D eigenvalue weighted by atomic mass is 79.9. The van der Waals surface area contributed by atoms with Crippen LogP contribution < -0.4 is 5.32 Å². The first-order chi connectivity index (χ1) is 7.97. The molecule has 0 saturated heterocycles. The van der Waals surface area contributed by atoms with Crippen LogP contribution >= 0.6 is 15.9 Å². The molecule has 0 radical (unpaired) electrons. The largest absolute Gasteiger partial charge is 0.480 e. The van der Waals surface area contributed by atoms with E-state index in [1.807, 2.05) is 6.07 Å².